The minimum atomic E-state index is -0.221. The Morgan fingerprint density at radius 3 is 2.38 bits per heavy atom. The van der Waals surface area contributed by atoms with Crippen LogP contribution in [-0.2, 0) is 11.4 Å². The first-order chi connectivity index (χ1) is 16.2. The van der Waals surface area contributed by atoms with Crippen LogP contribution in [0.25, 0.3) is 6.08 Å². The van der Waals surface area contributed by atoms with Crippen LogP contribution >= 0.6 is 50.9 Å². The van der Waals surface area contributed by atoms with Crippen LogP contribution in [0.15, 0.2) is 62.9 Å². The zero-order valence-corrected chi connectivity index (χ0v) is 22.6. The third-order valence-corrected chi connectivity index (χ3v) is 7.81. The zero-order chi connectivity index (χ0) is 24.4. The summed E-state index contributed by atoms with van der Waals surface area (Å²) in [6.07, 6.45) is 1.74. The molecule has 4 nitrogen and oxygen atoms in total. The monoisotopic (exact) mass is 574 g/mol. The molecule has 4 rings (SSSR count). The number of carbonyl (C=O) groups is 1. The van der Waals surface area contributed by atoms with E-state index in [-0.39, 0.29) is 5.91 Å². The second-order valence-corrected chi connectivity index (χ2v) is 10.6. The fraction of sp³-hybridized carbons (Fsp3) is 0.154. The number of ether oxygens (including phenoxy) is 1. The first kappa shape index (κ1) is 24.9. The highest BCUT2D eigenvalue weighted by Crippen LogP contribution is 2.37. The standard InChI is InChI=1S/C26H21BrCl2N2O2S/c1-14-5-4-6-17(7-14)13-33-24-20(28)10-18(11-21(24)29)12-22-25(32)31-26(34-22)30-19-8-15(2)23(27)16(3)9-19/h4-12H,13H2,1-3H3,(H,30,31,32)/b22-12-. The van der Waals surface area contributed by atoms with Gasteiger partial charge in [-0.2, -0.15) is 0 Å². The van der Waals surface area contributed by atoms with Crippen molar-refractivity contribution in [3.05, 3.63) is 95.8 Å². The summed E-state index contributed by atoms with van der Waals surface area (Å²) in [4.78, 5) is 17.6. The Hall–Kier alpha value is -2.25. The number of amidine groups is 1. The van der Waals surface area contributed by atoms with E-state index in [1.165, 1.54) is 11.8 Å². The van der Waals surface area contributed by atoms with Crippen LogP contribution in [0.5, 0.6) is 5.75 Å². The first-order valence-corrected chi connectivity index (χ1v) is 12.8. The number of carbonyl (C=O) groups excluding carboxylic acids is 1. The summed E-state index contributed by atoms with van der Waals surface area (Å²) in [6.45, 7) is 6.40. The minimum absolute atomic E-state index is 0.221. The van der Waals surface area contributed by atoms with Crippen molar-refractivity contribution < 1.29 is 9.53 Å². The molecule has 1 heterocycles. The van der Waals surface area contributed by atoms with E-state index in [0.717, 1.165) is 32.4 Å². The van der Waals surface area contributed by atoms with Crippen molar-refractivity contribution in [2.45, 2.75) is 27.4 Å². The van der Waals surface area contributed by atoms with Gasteiger partial charge in [-0.05, 0) is 85.1 Å². The third-order valence-electron chi connectivity index (χ3n) is 5.09. The molecule has 1 amide bonds. The Labute approximate surface area is 221 Å². The van der Waals surface area contributed by atoms with Crippen LogP contribution in [0.4, 0.5) is 5.69 Å². The van der Waals surface area contributed by atoms with E-state index in [2.05, 4.69) is 26.2 Å². The lowest BCUT2D eigenvalue weighted by molar-refractivity contribution is -0.115. The van der Waals surface area contributed by atoms with Gasteiger partial charge in [0.2, 0.25) is 0 Å². The smallest absolute Gasteiger partial charge is 0.264 e. The normalized spacial score (nSPS) is 15.8. The number of aryl methyl sites for hydroxylation is 3. The van der Waals surface area contributed by atoms with E-state index in [4.69, 9.17) is 27.9 Å². The molecule has 0 unspecified atom stereocenters. The average Bonchev–Trinajstić information content (AvgIpc) is 3.09. The van der Waals surface area contributed by atoms with Crippen LogP contribution in [-0.4, -0.2) is 11.1 Å². The molecule has 1 aliphatic heterocycles. The maximum atomic E-state index is 12.5. The van der Waals surface area contributed by atoms with Gasteiger partial charge in [0.15, 0.2) is 10.9 Å². The summed E-state index contributed by atoms with van der Waals surface area (Å²) >= 11 is 17.7. The van der Waals surface area contributed by atoms with Gasteiger partial charge in [0.1, 0.15) is 6.61 Å². The quantitative estimate of drug-likeness (QED) is 0.312. The van der Waals surface area contributed by atoms with E-state index in [1.807, 2.05) is 57.2 Å². The lowest BCUT2D eigenvalue weighted by Gasteiger charge is -2.11. The molecular weight excluding hydrogens is 555 g/mol. The summed E-state index contributed by atoms with van der Waals surface area (Å²) in [5.41, 5.74) is 5.83. The molecule has 3 aromatic rings. The summed E-state index contributed by atoms with van der Waals surface area (Å²) in [7, 11) is 0. The van der Waals surface area contributed by atoms with Gasteiger partial charge in [-0.1, -0.05) is 69.0 Å². The van der Waals surface area contributed by atoms with E-state index >= 15 is 0 Å². The van der Waals surface area contributed by atoms with Crippen molar-refractivity contribution in [2.24, 2.45) is 4.99 Å². The largest absolute Gasteiger partial charge is 0.486 e. The van der Waals surface area contributed by atoms with Crippen molar-refractivity contribution >= 4 is 73.7 Å². The molecule has 1 fully saturated rings. The molecule has 1 aliphatic rings. The van der Waals surface area contributed by atoms with Crippen molar-refractivity contribution in [1.29, 1.82) is 0 Å². The Morgan fingerprint density at radius 1 is 1.06 bits per heavy atom. The lowest BCUT2D eigenvalue weighted by Crippen LogP contribution is -2.19. The lowest BCUT2D eigenvalue weighted by atomic mass is 10.1. The third kappa shape index (κ3) is 5.87. The fourth-order valence-electron chi connectivity index (χ4n) is 3.49. The summed E-state index contributed by atoms with van der Waals surface area (Å²) in [5.74, 6) is 0.195. The number of halogens is 3. The van der Waals surface area contributed by atoms with Crippen LogP contribution in [0.1, 0.15) is 27.8 Å². The SMILES string of the molecule is Cc1cccc(COc2c(Cl)cc(/C=C3\SC(=Nc4cc(C)c(Br)c(C)c4)NC3=O)cc2Cl)c1. The number of hydrogen-bond acceptors (Lipinski definition) is 4. The van der Waals surface area contributed by atoms with Gasteiger partial charge in [-0.25, -0.2) is 4.99 Å². The highest BCUT2D eigenvalue weighted by Gasteiger charge is 2.24. The number of nitrogens with one attached hydrogen (secondary N) is 1. The van der Waals surface area contributed by atoms with Gasteiger partial charge < -0.3 is 10.1 Å². The number of aliphatic imine (C=N–C) groups is 1. The summed E-state index contributed by atoms with van der Waals surface area (Å²) < 4.78 is 6.93. The Bertz CT molecular complexity index is 1310. The minimum Gasteiger partial charge on any atom is -0.486 e. The fourth-order valence-corrected chi connectivity index (χ4v) is 5.18. The number of thioether (sulfide) groups is 1. The zero-order valence-electron chi connectivity index (χ0n) is 18.7. The maximum absolute atomic E-state index is 12.5. The molecule has 0 spiro atoms. The summed E-state index contributed by atoms with van der Waals surface area (Å²) in [6, 6.07) is 15.4. The van der Waals surface area contributed by atoms with E-state index in [1.54, 1.807) is 18.2 Å². The van der Waals surface area contributed by atoms with E-state index in [9.17, 15) is 4.79 Å². The molecule has 0 saturated carbocycles. The molecular formula is C26H21BrCl2N2O2S. The molecule has 0 radical (unpaired) electrons. The molecule has 0 aromatic heterocycles. The number of benzene rings is 3. The first-order valence-electron chi connectivity index (χ1n) is 10.4. The van der Waals surface area contributed by atoms with Gasteiger partial charge in [0.25, 0.3) is 5.91 Å². The van der Waals surface area contributed by atoms with Gasteiger partial charge in [0.05, 0.1) is 20.6 Å². The molecule has 0 aliphatic carbocycles. The average molecular weight is 576 g/mol. The highest BCUT2D eigenvalue weighted by molar-refractivity contribution is 9.10. The summed E-state index contributed by atoms with van der Waals surface area (Å²) in [5, 5.41) is 4.09. The maximum Gasteiger partial charge on any atom is 0.264 e. The van der Waals surface area contributed by atoms with E-state index in [0.29, 0.717) is 38.0 Å². The Morgan fingerprint density at radius 2 is 1.74 bits per heavy atom. The number of rotatable bonds is 5. The molecule has 8 heteroatoms. The van der Waals surface area contributed by atoms with Crippen molar-refractivity contribution in [1.82, 2.24) is 5.32 Å². The van der Waals surface area contributed by atoms with Crippen molar-refractivity contribution in [3.63, 3.8) is 0 Å². The molecule has 174 valence electrons. The molecule has 1 N–H and O–H groups in total. The second kappa shape index (κ2) is 10.6. The highest BCUT2D eigenvalue weighted by atomic mass is 79.9. The number of hydrogen-bond donors (Lipinski definition) is 1. The topological polar surface area (TPSA) is 50.7 Å². The molecule has 1 saturated heterocycles. The van der Waals surface area contributed by atoms with Crippen LogP contribution < -0.4 is 10.1 Å². The molecule has 0 atom stereocenters. The van der Waals surface area contributed by atoms with Crippen molar-refractivity contribution in [3.8, 4) is 5.75 Å². The number of amides is 1. The van der Waals surface area contributed by atoms with Crippen molar-refractivity contribution in [2.75, 3.05) is 0 Å². The van der Waals surface area contributed by atoms with E-state index < -0.39 is 0 Å². The predicted octanol–water partition coefficient (Wildman–Crippen LogP) is 8.15. The number of nitrogens with zero attached hydrogens (tertiary/aromatic N) is 1. The Kier molecular flexibility index (Phi) is 7.73. The van der Waals surface area contributed by atoms with Crippen LogP contribution in [0, 0.1) is 20.8 Å². The predicted molar refractivity (Wildman–Crippen MR) is 146 cm³/mol. The van der Waals surface area contributed by atoms with Gasteiger partial charge in [-0.15, -0.1) is 0 Å². The van der Waals surface area contributed by atoms with Gasteiger partial charge in [-0.3, -0.25) is 4.79 Å². The Balaban J connectivity index is 1.52. The molecule has 0 bridgehead atoms. The molecule has 3 aromatic carbocycles. The second-order valence-electron chi connectivity index (χ2n) is 7.97. The van der Waals surface area contributed by atoms with Gasteiger partial charge in [0, 0.05) is 4.47 Å². The van der Waals surface area contributed by atoms with Gasteiger partial charge >= 0.3 is 0 Å². The van der Waals surface area contributed by atoms with Crippen LogP contribution in [0.2, 0.25) is 10.0 Å². The van der Waals surface area contributed by atoms with Crippen LogP contribution in [0.3, 0.4) is 0 Å². The molecule has 34 heavy (non-hydrogen) atoms.